The van der Waals surface area contributed by atoms with E-state index in [1.54, 1.807) is 18.2 Å². The Morgan fingerprint density at radius 2 is 1.74 bits per heavy atom. The third-order valence-electron chi connectivity index (χ3n) is 3.44. The summed E-state index contributed by atoms with van der Waals surface area (Å²) in [6.45, 7) is 1.48. The van der Waals surface area contributed by atoms with E-state index >= 15 is 0 Å². The normalized spacial score (nSPS) is 11.4. The number of amides is 1. The second kappa shape index (κ2) is 9.66. The summed E-state index contributed by atoms with van der Waals surface area (Å²) in [4.78, 5) is 12.1. The molecule has 27 heavy (non-hydrogen) atoms. The van der Waals surface area contributed by atoms with Gasteiger partial charge in [-0.1, -0.05) is 31.2 Å². The highest BCUT2D eigenvalue weighted by molar-refractivity contribution is 6.03. The fourth-order valence-electron chi connectivity index (χ4n) is 2.18. The number of anilines is 2. The molecular weight excluding hydrogens is 357 g/mol. The van der Waals surface area contributed by atoms with Crippen LogP contribution < -0.4 is 15.4 Å². The summed E-state index contributed by atoms with van der Waals surface area (Å²) in [7, 11) is 0. The first-order valence-electron chi connectivity index (χ1n) is 8.49. The number of nitrogens with one attached hydrogen (secondary N) is 2. The van der Waals surface area contributed by atoms with E-state index in [1.165, 1.54) is 18.2 Å². The topological polar surface area (TPSA) is 50.4 Å². The molecule has 0 aliphatic carbocycles. The van der Waals surface area contributed by atoms with Crippen LogP contribution in [0.5, 0.6) is 5.75 Å². The third kappa shape index (κ3) is 7.43. The molecule has 0 radical (unpaired) electrons. The number of carbonyl (C=O) groups excluding carboxylic acids is 1. The summed E-state index contributed by atoms with van der Waals surface area (Å²) < 4.78 is 42.6. The minimum absolute atomic E-state index is 0.203. The molecule has 0 aromatic heterocycles. The highest BCUT2D eigenvalue weighted by atomic mass is 19.4. The first-order valence-corrected chi connectivity index (χ1v) is 8.49. The number of alkyl halides is 3. The highest BCUT2D eigenvalue weighted by Crippen LogP contribution is 2.23. The molecule has 0 saturated heterocycles. The smallest absolute Gasteiger partial charge is 0.405 e. The molecule has 0 aliphatic heterocycles. The molecule has 0 bridgehead atoms. The van der Waals surface area contributed by atoms with Crippen molar-refractivity contribution in [2.45, 2.75) is 19.5 Å². The standard InChI is InChI=1S/C20H21F3N2O2/c1-2-13-27-16-10-7-15(8-11-16)9-12-19(26)25-18-6-4-3-5-17(18)24-14-20(21,22)23/h3-12,24H,2,13-14H2,1H3,(H,25,26)/b12-9+. The Hall–Kier alpha value is -2.96. The Morgan fingerprint density at radius 3 is 2.37 bits per heavy atom. The van der Waals surface area contributed by atoms with Crippen LogP contribution in [0.2, 0.25) is 0 Å². The Morgan fingerprint density at radius 1 is 1.07 bits per heavy atom. The van der Waals surface area contributed by atoms with E-state index < -0.39 is 18.6 Å². The molecule has 0 atom stereocenters. The maximum atomic E-state index is 12.4. The summed E-state index contributed by atoms with van der Waals surface area (Å²) in [6, 6.07) is 13.5. The van der Waals surface area contributed by atoms with Crippen molar-refractivity contribution >= 4 is 23.4 Å². The van der Waals surface area contributed by atoms with Gasteiger partial charge in [0.05, 0.1) is 18.0 Å². The monoisotopic (exact) mass is 378 g/mol. The van der Waals surface area contributed by atoms with Gasteiger partial charge >= 0.3 is 6.18 Å². The molecule has 0 unspecified atom stereocenters. The van der Waals surface area contributed by atoms with E-state index in [-0.39, 0.29) is 11.4 Å². The van der Waals surface area contributed by atoms with Gasteiger partial charge in [0.25, 0.3) is 0 Å². The molecule has 2 N–H and O–H groups in total. The summed E-state index contributed by atoms with van der Waals surface area (Å²) >= 11 is 0. The van der Waals surface area contributed by atoms with Crippen LogP contribution in [-0.2, 0) is 4.79 Å². The van der Waals surface area contributed by atoms with Gasteiger partial charge in [0.15, 0.2) is 0 Å². The van der Waals surface area contributed by atoms with E-state index in [2.05, 4.69) is 10.6 Å². The number of hydrogen-bond acceptors (Lipinski definition) is 3. The van der Waals surface area contributed by atoms with E-state index in [0.29, 0.717) is 6.61 Å². The van der Waals surface area contributed by atoms with Crippen LogP contribution >= 0.6 is 0 Å². The third-order valence-corrected chi connectivity index (χ3v) is 3.44. The Balaban J connectivity index is 1.96. The van der Waals surface area contributed by atoms with Crippen molar-refractivity contribution in [2.75, 3.05) is 23.8 Å². The van der Waals surface area contributed by atoms with Gasteiger partial charge in [0, 0.05) is 6.08 Å². The molecule has 2 rings (SSSR count). The Kier molecular flexibility index (Phi) is 7.28. The molecule has 0 aliphatic rings. The zero-order valence-electron chi connectivity index (χ0n) is 14.8. The van der Waals surface area contributed by atoms with Gasteiger partial charge < -0.3 is 15.4 Å². The lowest BCUT2D eigenvalue weighted by Gasteiger charge is -2.13. The fourth-order valence-corrected chi connectivity index (χ4v) is 2.18. The average Bonchev–Trinajstić information content (AvgIpc) is 2.64. The van der Waals surface area contributed by atoms with Gasteiger partial charge in [-0.25, -0.2) is 0 Å². The van der Waals surface area contributed by atoms with Crippen molar-refractivity contribution in [2.24, 2.45) is 0 Å². The Labute approximate surface area is 156 Å². The van der Waals surface area contributed by atoms with E-state index in [0.717, 1.165) is 17.7 Å². The second-order valence-corrected chi connectivity index (χ2v) is 5.75. The minimum Gasteiger partial charge on any atom is -0.494 e. The molecule has 4 nitrogen and oxygen atoms in total. The molecular formula is C20H21F3N2O2. The zero-order chi connectivity index (χ0) is 19.7. The van der Waals surface area contributed by atoms with Gasteiger partial charge in [0.1, 0.15) is 12.3 Å². The summed E-state index contributed by atoms with van der Waals surface area (Å²) in [6.07, 6.45) is -0.488. The van der Waals surface area contributed by atoms with Gasteiger partial charge in [0.2, 0.25) is 5.91 Å². The van der Waals surface area contributed by atoms with Crippen molar-refractivity contribution in [3.8, 4) is 5.75 Å². The van der Waals surface area contributed by atoms with Crippen LogP contribution in [0, 0.1) is 0 Å². The molecule has 0 heterocycles. The van der Waals surface area contributed by atoms with Crippen molar-refractivity contribution in [1.29, 1.82) is 0 Å². The maximum Gasteiger partial charge on any atom is 0.405 e. The SMILES string of the molecule is CCCOc1ccc(/C=C/C(=O)Nc2ccccc2NCC(F)(F)F)cc1. The van der Waals surface area contributed by atoms with Crippen molar-refractivity contribution in [3.05, 3.63) is 60.2 Å². The highest BCUT2D eigenvalue weighted by Gasteiger charge is 2.26. The lowest BCUT2D eigenvalue weighted by molar-refractivity contribution is -0.115. The lowest BCUT2D eigenvalue weighted by atomic mass is 10.2. The number of carbonyl (C=O) groups is 1. The number of rotatable bonds is 8. The fraction of sp³-hybridized carbons (Fsp3) is 0.250. The Bertz CT molecular complexity index is 772. The summed E-state index contributed by atoms with van der Waals surface area (Å²) in [5.74, 6) is 0.311. The quantitative estimate of drug-likeness (QED) is 0.628. The number of halogens is 3. The minimum atomic E-state index is -4.34. The zero-order valence-corrected chi connectivity index (χ0v) is 14.8. The predicted octanol–water partition coefficient (Wildman–Crippen LogP) is 5.10. The molecule has 1 amide bonds. The number of ether oxygens (including phenoxy) is 1. The first-order chi connectivity index (χ1) is 12.9. The molecule has 144 valence electrons. The van der Waals surface area contributed by atoms with E-state index in [4.69, 9.17) is 4.74 Å². The van der Waals surface area contributed by atoms with Crippen molar-refractivity contribution in [3.63, 3.8) is 0 Å². The molecule has 7 heteroatoms. The first kappa shape index (κ1) is 20.4. The van der Waals surface area contributed by atoms with Crippen LogP contribution in [0.3, 0.4) is 0 Å². The van der Waals surface area contributed by atoms with E-state index in [9.17, 15) is 18.0 Å². The van der Waals surface area contributed by atoms with Crippen LogP contribution in [0.1, 0.15) is 18.9 Å². The van der Waals surface area contributed by atoms with Gasteiger partial charge in [-0.15, -0.1) is 0 Å². The summed E-state index contributed by atoms with van der Waals surface area (Å²) in [5, 5.41) is 4.85. The molecule has 2 aromatic carbocycles. The van der Waals surface area contributed by atoms with Crippen LogP contribution in [0.15, 0.2) is 54.6 Å². The van der Waals surface area contributed by atoms with Gasteiger partial charge in [-0.05, 0) is 42.3 Å². The van der Waals surface area contributed by atoms with E-state index in [1.807, 2.05) is 31.2 Å². The van der Waals surface area contributed by atoms with Crippen molar-refractivity contribution < 1.29 is 22.7 Å². The van der Waals surface area contributed by atoms with Crippen LogP contribution in [0.4, 0.5) is 24.5 Å². The molecule has 2 aromatic rings. The lowest BCUT2D eigenvalue weighted by Crippen LogP contribution is -2.22. The van der Waals surface area contributed by atoms with Crippen LogP contribution in [0.25, 0.3) is 6.08 Å². The molecule has 0 saturated carbocycles. The number of para-hydroxylation sites is 2. The molecule has 0 fully saturated rings. The summed E-state index contributed by atoms with van der Waals surface area (Å²) in [5.41, 5.74) is 1.28. The molecule has 0 spiro atoms. The van der Waals surface area contributed by atoms with Gasteiger partial charge in [-0.3, -0.25) is 4.79 Å². The van der Waals surface area contributed by atoms with Gasteiger partial charge in [-0.2, -0.15) is 13.2 Å². The maximum absolute atomic E-state index is 12.4. The predicted molar refractivity (Wildman–Crippen MR) is 101 cm³/mol. The van der Waals surface area contributed by atoms with Crippen LogP contribution in [-0.4, -0.2) is 25.2 Å². The number of hydrogen-bond donors (Lipinski definition) is 2. The number of benzene rings is 2. The van der Waals surface area contributed by atoms with Crippen molar-refractivity contribution in [1.82, 2.24) is 0 Å². The second-order valence-electron chi connectivity index (χ2n) is 5.75. The largest absolute Gasteiger partial charge is 0.494 e. The average molecular weight is 378 g/mol.